The second-order valence-corrected chi connectivity index (χ2v) is 6.41. The zero-order chi connectivity index (χ0) is 18.0. The van der Waals surface area contributed by atoms with Gasteiger partial charge < -0.3 is 14.0 Å². The largest absolute Gasteiger partial charge is 0.493 e. The highest BCUT2D eigenvalue weighted by Gasteiger charge is 2.09. The number of aryl methyl sites for hydroxylation is 1. The summed E-state index contributed by atoms with van der Waals surface area (Å²) in [6, 6.07) is 10.7. The molecule has 3 aromatic rings. The maximum absolute atomic E-state index is 12.4. The van der Waals surface area contributed by atoms with Crippen LogP contribution in [0.2, 0.25) is 0 Å². The summed E-state index contributed by atoms with van der Waals surface area (Å²) in [6.45, 7) is 0. The number of nitrogens with zero attached hydrogens (tertiary/aromatic N) is 1. The fraction of sp³-hybridized carbons (Fsp3) is 0.158. The van der Waals surface area contributed by atoms with Crippen LogP contribution in [0.3, 0.4) is 0 Å². The summed E-state index contributed by atoms with van der Waals surface area (Å²) in [5.74, 6) is 0.951. The van der Waals surface area contributed by atoms with E-state index >= 15 is 0 Å². The number of carbonyl (C=O) groups excluding carboxylic acids is 1. The maximum atomic E-state index is 12.4. The lowest BCUT2D eigenvalue weighted by Crippen LogP contribution is -2.06. The molecule has 0 spiro atoms. The third-order valence-electron chi connectivity index (χ3n) is 3.91. The number of benzene rings is 2. The zero-order valence-corrected chi connectivity index (χ0v) is 14.9. The van der Waals surface area contributed by atoms with Crippen LogP contribution in [-0.4, -0.2) is 24.6 Å². The summed E-state index contributed by atoms with van der Waals surface area (Å²) in [5.41, 5.74) is 2.26. The SMILES string of the molecule is COc1ccc(C(=O)C=Cc2ccc3c(c2)sc(=O)n3C)cc1OC. The predicted molar refractivity (Wildman–Crippen MR) is 100.0 cm³/mol. The van der Waals surface area contributed by atoms with Crippen LogP contribution in [0.4, 0.5) is 0 Å². The first-order chi connectivity index (χ1) is 12.0. The second-order valence-electron chi connectivity index (χ2n) is 5.42. The van der Waals surface area contributed by atoms with Gasteiger partial charge >= 0.3 is 4.87 Å². The Kier molecular flexibility index (Phi) is 4.72. The molecule has 0 fully saturated rings. The molecular formula is C19H17NO4S. The van der Waals surface area contributed by atoms with E-state index < -0.39 is 0 Å². The highest BCUT2D eigenvalue weighted by Crippen LogP contribution is 2.28. The Morgan fingerprint density at radius 2 is 1.84 bits per heavy atom. The molecule has 6 heteroatoms. The van der Waals surface area contributed by atoms with Gasteiger partial charge in [-0.1, -0.05) is 23.5 Å². The van der Waals surface area contributed by atoms with Crippen molar-refractivity contribution in [2.75, 3.05) is 14.2 Å². The first-order valence-electron chi connectivity index (χ1n) is 7.57. The van der Waals surface area contributed by atoms with Crippen LogP contribution in [0.5, 0.6) is 11.5 Å². The molecule has 0 aliphatic rings. The van der Waals surface area contributed by atoms with Crippen molar-refractivity contribution in [1.82, 2.24) is 4.57 Å². The lowest BCUT2D eigenvalue weighted by molar-refractivity contribution is 0.104. The van der Waals surface area contributed by atoms with Crippen LogP contribution in [-0.2, 0) is 7.05 Å². The molecule has 0 saturated carbocycles. The van der Waals surface area contributed by atoms with Crippen molar-refractivity contribution in [2.45, 2.75) is 0 Å². The number of methoxy groups -OCH3 is 2. The highest BCUT2D eigenvalue weighted by molar-refractivity contribution is 7.16. The van der Waals surface area contributed by atoms with Crippen LogP contribution in [0, 0.1) is 0 Å². The quantitative estimate of drug-likeness (QED) is 0.519. The molecule has 0 aliphatic heterocycles. The minimum Gasteiger partial charge on any atom is -0.493 e. The van der Waals surface area contributed by atoms with E-state index in [0.717, 1.165) is 15.8 Å². The monoisotopic (exact) mass is 355 g/mol. The predicted octanol–water partition coefficient (Wildman–Crippen LogP) is 3.51. The van der Waals surface area contributed by atoms with Crippen LogP contribution in [0.1, 0.15) is 15.9 Å². The Labute approximate surface area is 148 Å². The van der Waals surface area contributed by atoms with Crippen molar-refractivity contribution >= 4 is 33.4 Å². The summed E-state index contributed by atoms with van der Waals surface area (Å²) in [7, 11) is 4.83. The van der Waals surface area contributed by atoms with Gasteiger partial charge in [0.2, 0.25) is 0 Å². The van der Waals surface area contributed by atoms with Crippen molar-refractivity contribution in [3.63, 3.8) is 0 Å². The molecule has 25 heavy (non-hydrogen) atoms. The molecule has 128 valence electrons. The Morgan fingerprint density at radius 3 is 2.56 bits per heavy atom. The van der Waals surface area contributed by atoms with Gasteiger partial charge in [0.05, 0.1) is 24.4 Å². The number of allylic oxidation sites excluding steroid dienone is 1. The number of hydrogen-bond acceptors (Lipinski definition) is 5. The molecule has 0 bridgehead atoms. The number of thiazole rings is 1. The first kappa shape index (κ1) is 17.0. The topological polar surface area (TPSA) is 57.5 Å². The van der Waals surface area contributed by atoms with E-state index in [1.807, 2.05) is 18.2 Å². The van der Waals surface area contributed by atoms with Crippen LogP contribution >= 0.6 is 11.3 Å². The van der Waals surface area contributed by atoms with Crippen LogP contribution < -0.4 is 14.3 Å². The normalized spacial score (nSPS) is 11.2. The average Bonchev–Trinajstić information content (AvgIpc) is 2.92. The highest BCUT2D eigenvalue weighted by atomic mass is 32.1. The van der Waals surface area contributed by atoms with E-state index in [1.165, 1.54) is 24.5 Å². The number of ketones is 1. The zero-order valence-electron chi connectivity index (χ0n) is 14.1. The third-order valence-corrected chi connectivity index (χ3v) is 4.91. The van der Waals surface area contributed by atoms with Crippen molar-refractivity contribution in [3.8, 4) is 11.5 Å². The molecular weight excluding hydrogens is 338 g/mol. The van der Waals surface area contributed by atoms with Crippen molar-refractivity contribution < 1.29 is 14.3 Å². The standard InChI is InChI=1S/C19H17NO4S/c1-20-14-7-4-12(10-18(14)25-19(20)22)5-8-15(21)13-6-9-16(23-2)17(11-13)24-3/h4-11H,1-3H3. The molecule has 1 heterocycles. The van der Waals surface area contributed by atoms with E-state index in [1.54, 1.807) is 43.0 Å². The van der Waals surface area contributed by atoms with E-state index in [-0.39, 0.29) is 10.7 Å². The first-order valence-corrected chi connectivity index (χ1v) is 8.39. The molecule has 0 unspecified atom stereocenters. The number of ether oxygens (including phenoxy) is 2. The van der Waals surface area contributed by atoms with Gasteiger partial charge in [-0.25, -0.2) is 0 Å². The Balaban J connectivity index is 1.86. The molecule has 5 nitrogen and oxygen atoms in total. The van der Waals surface area contributed by atoms with Gasteiger partial charge in [0.1, 0.15) is 0 Å². The average molecular weight is 355 g/mol. The summed E-state index contributed by atoms with van der Waals surface area (Å²) in [4.78, 5) is 24.1. The van der Waals surface area contributed by atoms with Crippen LogP contribution in [0.15, 0.2) is 47.3 Å². The van der Waals surface area contributed by atoms with Gasteiger partial charge in [-0.15, -0.1) is 0 Å². The van der Waals surface area contributed by atoms with E-state index in [4.69, 9.17) is 9.47 Å². The lowest BCUT2D eigenvalue weighted by atomic mass is 10.1. The summed E-state index contributed by atoms with van der Waals surface area (Å²) in [6.07, 6.45) is 3.25. The van der Waals surface area contributed by atoms with Crippen molar-refractivity contribution in [3.05, 3.63) is 63.3 Å². The molecule has 0 aliphatic carbocycles. The van der Waals surface area contributed by atoms with Crippen molar-refractivity contribution in [2.24, 2.45) is 7.05 Å². The fourth-order valence-electron chi connectivity index (χ4n) is 2.51. The Hall–Kier alpha value is -2.86. The molecule has 3 rings (SSSR count). The van der Waals surface area contributed by atoms with E-state index in [0.29, 0.717) is 17.1 Å². The maximum Gasteiger partial charge on any atom is 0.307 e. The van der Waals surface area contributed by atoms with E-state index in [2.05, 4.69) is 0 Å². The number of carbonyl (C=O) groups is 1. The van der Waals surface area contributed by atoms with Gasteiger partial charge in [-0.05, 0) is 42.0 Å². The molecule has 0 atom stereocenters. The molecule has 0 saturated heterocycles. The van der Waals surface area contributed by atoms with Gasteiger partial charge in [0.25, 0.3) is 0 Å². The summed E-state index contributed by atoms with van der Waals surface area (Å²) < 4.78 is 12.9. The number of rotatable bonds is 5. The Bertz CT molecular complexity index is 1030. The van der Waals surface area contributed by atoms with Gasteiger partial charge in [0, 0.05) is 12.6 Å². The minimum absolute atomic E-state index is 0.00228. The summed E-state index contributed by atoms with van der Waals surface area (Å²) in [5, 5.41) is 0. The second kappa shape index (κ2) is 6.94. The molecule has 0 amide bonds. The van der Waals surface area contributed by atoms with Gasteiger partial charge in [-0.2, -0.15) is 0 Å². The van der Waals surface area contributed by atoms with Crippen LogP contribution in [0.25, 0.3) is 16.3 Å². The fourth-order valence-corrected chi connectivity index (χ4v) is 3.44. The smallest absolute Gasteiger partial charge is 0.307 e. The minimum atomic E-state index is -0.137. The number of fused-ring (bicyclic) bond motifs is 1. The third kappa shape index (κ3) is 3.34. The lowest BCUT2D eigenvalue weighted by Gasteiger charge is -2.08. The molecule has 1 aromatic heterocycles. The number of hydrogen-bond donors (Lipinski definition) is 0. The summed E-state index contributed by atoms with van der Waals surface area (Å²) >= 11 is 1.19. The number of aromatic nitrogens is 1. The van der Waals surface area contributed by atoms with E-state index in [9.17, 15) is 9.59 Å². The van der Waals surface area contributed by atoms with Gasteiger partial charge in [-0.3, -0.25) is 9.59 Å². The molecule has 0 N–H and O–H groups in total. The Morgan fingerprint density at radius 1 is 1.08 bits per heavy atom. The van der Waals surface area contributed by atoms with Gasteiger partial charge in [0.15, 0.2) is 17.3 Å². The van der Waals surface area contributed by atoms with Crippen molar-refractivity contribution in [1.29, 1.82) is 0 Å². The molecule has 2 aromatic carbocycles. The molecule has 0 radical (unpaired) electrons.